The quantitative estimate of drug-likeness (QED) is 0.822. The van der Waals surface area contributed by atoms with Gasteiger partial charge in [0.1, 0.15) is 0 Å². The predicted octanol–water partition coefficient (Wildman–Crippen LogP) is 1.15. The summed E-state index contributed by atoms with van der Waals surface area (Å²) < 4.78 is 0. The zero-order chi connectivity index (χ0) is 17.8. The summed E-state index contributed by atoms with van der Waals surface area (Å²) >= 11 is 2.27. The zero-order valence-corrected chi connectivity index (χ0v) is 14.8. The van der Waals surface area contributed by atoms with Crippen molar-refractivity contribution in [2.24, 2.45) is 9.98 Å². The molecule has 0 radical (unpaired) electrons. The number of hydrogen-bond acceptors (Lipinski definition) is 6. The standard InChI is InChI=1S/C15H15N5O3S2/c16-12-11(17-13(22)9-4-3-7-24-9)14(23)19-15(18-12)25-8-10(21)20-5-1-2-6-20/h3-4,7H,1-2,5-6,8H2,(H2,16,18,19,23). The number of aliphatic imine (C=N–C) groups is 2. The number of likely N-dealkylation sites (tertiary alicyclic amines) is 1. The van der Waals surface area contributed by atoms with E-state index >= 15 is 0 Å². The van der Waals surface area contributed by atoms with E-state index in [2.05, 4.69) is 15.3 Å². The van der Waals surface area contributed by atoms with Crippen LogP contribution in [0.25, 0.3) is 0 Å². The van der Waals surface area contributed by atoms with Crippen LogP contribution >= 0.6 is 23.1 Å². The molecule has 2 aliphatic rings. The van der Waals surface area contributed by atoms with Gasteiger partial charge in [-0.15, -0.1) is 11.3 Å². The van der Waals surface area contributed by atoms with Crippen LogP contribution in [0.3, 0.4) is 0 Å². The summed E-state index contributed by atoms with van der Waals surface area (Å²) in [6.45, 7) is 1.52. The second-order valence-electron chi connectivity index (χ2n) is 5.34. The first kappa shape index (κ1) is 17.5. The largest absolute Gasteiger partial charge is 0.342 e. The molecule has 1 fully saturated rings. The van der Waals surface area contributed by atoms with E-state index in [0.29, 0.717) is 4.88 Å². The smallest absolute Gasteiger partial charge is 0.287 e. The molecule has 0 aromatic carbocycles. The molecule has 0 saturated carbocycles. The van der Waals surface area contributed by atoms with Crippen molar-refractivity contribution in [3.05, 3.63) is 22.4 Å². The third-order valence-corrected chi connectivity index (χ3v) is 5.33. The molecule has 2 aliphatic heterocycles. The van der Waals surface area contributed by atoms with E-state index in [4.69, 9.17) is 5.41 Å². The summed E-state index contributed by atoms with van der Waals surface area (Å²) in [7, 11) is 0. The van der Waals surface area contributed by atoms with Gasteiger partial charge in [-0.3, -0.25) is 25.1 Å². The zero-order valence-electron chi connectivity index (χ0n) is 13.2. The van der Waals surface area contributed by atoms with Gasteiger partial charge in [-0.05, 0) is 24.3 Å². The molecule has 3 heterocycles. The molecular weight excluding hydrogens is 362 g/mol. The van der Waals surface area contributed by atoms with E-state index in [1.165, 1.54) is 11.3 Å². The topological polar surface area (TPSA) is 115 Å². The summed E-state index contributed by atoms with van der Waals surface area (Å²) in [6.07, 6.45) is 2.02. The highest BCUT2D eigenvalue weighted by atomic mass is 32.2. The number of carbonyl (C=O) groups is 3. The van der Waals surface area contributed by atoms with Gasteiger partial charge in [0.15, 0.2) is 16.7 Å². The molecule has 0 atom stereocenters. The predicted molar refractivity (Wildman–Crippen MR) is 97.7 cm³/mol. The number of thioether (sulfide) groups is 1. The normalized spacial score (nSPS) is 19.1. The average Bonchev–Trinajstić information content (AvgIpc) is 3.29. The maximum atomic E-state index is 12.1. The van der Waals surface area contributed by atoms with Crippen molar-refractivity contribution in [2.75, 3.05) is 18.8 Å². The number of nitrogens with zero attached hydrogens (tertiary/aromatic N) is 3. The fraction of sp³-hybridized carbons (Fsp3) is 0.333. The fourth-order valence-electron chi connectivity index (χ4n) is 2.36. The highest BCUT2D eigenvalue weighted by Crippen LogP contribution is 2.14. The molecule has 1 saturated heterocycles. The molecule has 0 bridgehead atoms. The Morgan fingerprint density at radius 1 is 1.40 bits per heavy atom. The van der Waals surface area contributed by atoms with Crippen molar-refractivity contribution < 1.29 is 14.4 Å². The Bertz CT molecular complexity index is 779. The minimum Gasteiger partial charge on any atom is -0.342 e. The minimum atomic E-state index is -0.666. The van der Waals surface area contributed by atoms with Gasteiger partial charge >= 0.3 is 0 Å². The van der Waals surface area contributed by atoms with Crippen molar-refractivity contribution in [1.82, 2.24) is 10.2 Å². The molecule has 1 aromatic rings. The highest BCUT2D eigenvalue weighted by molar-refractivity contribution is 8.14. The summed E-state index contributed by atoms with van der Waals surface area (Å²) in [5.74, 6) is -1.50. The lowest BCUT2D eigenvalue weighted by atomic mass is 10.3. The molecule has 130 valence electrons. The van der Waals surface area contributed by atoms with Crippen LogP contribution in [-0.2, 0) is 9.59 Å². The first-order chi connectivity index (χ1) is 12.0. The van der Waals surface area contributed by atoms with Crippen LogP contribution in [0.15, 0.2) is 27.5 Å². The first-order valence-electron chi connectivity index (χ1n) is 7.60. The number of rotatable bonds is 3. The van der Waals surface area contributed by atoms with Crippen molar-refractivity contribution in [3.63, 3.8) is 0 Å². The Kier molecular flexibility index (Phi) is 5.39. The number of thiophene rings is 1. The van der Waals surface area contributed by atoms with Crippen LogP contribution < -0.4 is 5.32 Å². The number of amides is 3. The third kappa shape index (κ3) is 4.20. The van der Waals surface area contributed by atoms with Crippen molar-refractivity contribution in [2.45, 2.75) is 12.8 Å². The van der Waals surface area contributed by atoms with Gasteiger partial charge in [0, 0.05) is 13.1 Å². The molecule has 0 spiro atoms. The summed E-state index contributed by atoms with van der Waals surface area (Å²) in [4.78, 5) is 45.8. The number of carbonyl (C=O) groups excluding carboxylic acids is 3. The van der Waals surface area contributed by atoms with Gasteiger partial charge in [-0.2, -0.15) is 4.99 Å². The van der Waals surface area contributed by atoms with Gasteiger partial charge < -0.3 is 4.90 Å². The lowest BCUT2D eigenvalue weighted by Gasteiger charge is -2.17. The molecule has 25 heavy (non-hydrogen) atoms. The van der Waals surface area contributed by atoms with Crippen LogP contribution in [0.2, 0.25) is 0 Å². The Labute approximate surface area is 151 Å². The monoisotopic (exact) mass is 377 g/mol. The van der Waals surface area contributed by atoms with Crippen LogP contribution in [-0.4, -0.2) is 58.2 Å². The van der Waals surface area contributed by atoms with Gasteiger partial charge in [-0.25, -0.2) is 4.99 Å². The molecule has 2 N–H and O–H groups in total. The number of nitrogens with one attached hydrogen (secondary N) is 2. The minimum absolute atomic E-state index is 0.0154. The van der Waals surface area contributed by atoms with Crippen LogP contribution in [0.4, 0.5) is 0 Å². The number of hydrogen-bond donors (Lipinski definition) is 2. The van der Waals surface area contributed by atoms with Gasteiger partial charge in [-0.1, -0.05) is 17.8 Å². The van der Waals surface area contributed by atoms with E-state index < -0.39 is 11.8 Å². The van der Waals surface area contributed by atoms with Gasteiger partial charge in [0.2, 0.25) is 5.91 Å². The first-order valence-corrected chi connectivity index (χ1v) is 9.47. The maximum Gasteiger partial charge on any atom is 0.287 e. The summed E-state index contributed by atoms with van der Waals surface area (Å²) in [5, 5.41) is 12.2. The Morgan fingerprint density at radius 3 is 2.80 bits per heavy atom. The van der Waals surface area contributed by atoms with E-state index in [1.807, 2.05) is 0 Å². The lowest BCUT2D eigenvalue weighted by Crippen LogP contribution is -2.44. The van der Waals surface area contributed by atoms with E-state index in [9.17, 15) is 14.4 Å². The van der Waals surface area contributed by atoms with Crippen LogP contribution in [0, 0.1) is 5.41 Å². The van der Waals surface area contributed by atoms with E-state index in [1.54, 1.807) is 22.4 Å². The van der Waals surface area contributed by atoms with E-state index in [-0.39, 0.29) is 28.4 Å². The maximum absolute atomic E-state index is 12.1. The SMILES string of the molecule is N=C1N=C(SCC(=O)N2CCCC2)NC(=O)C1=NC(=O)c1cccs1. The van der Waals surface area contributed by atoms with Gasteiger partial charge in [0.25, 0.3) is 11.8 Å². The van der Waals surface area contributed by atoms with Crippen LogP contribution in [0.5, 0.6) is 0 Å². The summed E-state index contributed by atoms with van der Waals surface area (Å²) in [6, 6.07) is 3.30. The lowest BCUT2D eigenvalue weighted by molar-refractivity contribution is -0.127. The van der Waals surface area contributed by atoms with Gasteiger partial charge in [0.05, 0.1) is 10.6 Å². The average molecular weight is 377 g/mol. The molecule has 8 nitrogen and oxygen atoms in total. The Balaban J connectivity index is 1.63. The summed E-state index contributed by atoms with van der Waals surface area (Å²) in [5.41, 5.74) is -0.325. The second-order valence-corrected chi connectivity index (χ2v) is 7.25. The third-order valence-electron chi connectivity index (χ3n) is 3.61. The van der Waals surface area contributed by atoms with E-state index in [0.717, 1.165) is 37.7 Å². The fourth-order valence-corrected chi connectivity index (χ4v) is 3.73. The molecule has 0 unspecified atom stereocenters. The second kappa shape index (κ2) is 7.70. The molecule has 3 amide bonds. The molecule has 3 rings (SSSR count). The Morgan fingerprint density at radius 2 is 2.16 bits per heavy atom. The van der Waals surface area contributed by atoms with Crippen LogP contribution in [0.1, 0.15) is 22.5 Å². The molecule has 10 heteroatoms. The highest BCUT2D eigenvalue weighted by Gasteiger charge is 2.27. The molecule has 1 aromatic heterocycles. The molecular formula is C15H15N5O3S2. The van der Waals surface area contributed by atoms with Crippen molar-refractivity contribution in [3.8, 4) is 0 Å². The van der Waals surface area contributed by atoms with Crippen molar-refractivity contribution in [1.29, 1.82) is 5.41 Å². The molecule has 0 aliphatic carbocycles. The Hall–Kier alpha value is -2.33. The van der Waals surface area contributed by atoms with Crippen molar-refractivity contribution >= 4 is 57.5 Å². The number of amidine groups is 2.